The Morgan fingerprint density at radius 1 is 1.18 bits per heavy atom. The van der Waals surface area contributed by atoms with Crippen LogP contribution in [0.2, 0.25) is 5.02 Å². The third-order valence-corrected chi connectivity index (χ3v) is 6.39. The van der Waals surface area contributed by atoms with Gasteiger partial charge in [-0.2, -0.15) is 18.4 Å². The van der Waals surface area contributed by atoms with Crippen molar-refractivity contribution in [2.45, 2.75) is 38.3 Å². The zero-order chi connectivity index (χ0) is 23.6. The van der Waals surface area contributed by atoms with E-state index in [4.69, 9.17) is 16.9 Å². The van der Waals surface area contributed by atoms with Crippen LogP contribution in [0.3, 0.4) is 0 Å². The number of amides is 1. The van der Waals surface area contributed by atoms with E-state index < -0.39 is 11.9 Å². The molecule has 4 rings (SSSR count). The standard InChI is InChI=1S/C23H23ClF3N5O/c24-17-6-1-3-15(13-17)14-18-20(23(25,26)27)29-19(7-8-28)30-21(18)31-9-11-32(12-10-31)22(33)16-4-2-5-16/h1,3,6,13,16H,2,4-5,7,9-12,14H2. The fourth-order valence-electron chi connectivity index (χ4n) is 4.23. The van der Waals surface area contributed by atoms with Gasteiger partial charge in [0, 0.05) is 49.1 Å². The van der Waals surface area contributed by atoms with Crippen molar-refractivity contribution in [3.05, 3.63) is 51.9 Å². The van der Waals surface area contributed by atoms with Crippen LogP contribution in [0.5, 0.6) is 0 Å². The minimum absolute atomic E-state index is 0.0507. The second-order valence-corrected chi connectivity index (χ2v) is 8.81. The highest BCUT2D eigenvalue weighted by Crippen LogP contribution is 2.36. The molecule has 0 atom stereocenters. The van der Waals surface area contributed by atoms with E-state index in [0.29, 0.717) is 36.8 Å². The molecule has 6 nitrogen and oxygen atoms in total. The molecule has 2 fully saturated rings. The molecular weight excluding hydrogens is 455 g/mol. The summed E-state index contributed by atoms with van der Waals surface area (Å²) in [6.45, 7) is 1.57. The van der Waals surface area contributed by atoms with Gasteiger partial charge in [0.1, 0.15) is 11.6 Å². The van der Waals surface area contributed by atoms with Crippen molar-refractivity contribution in [1.29, 1.82) is 5.26 Å². The molecule has 1 aromatic heterocycles. The van der Waals surface area contributed by atoms with Crippen LogP contribution in [-0.4, -0.2) is 47.0 Å². The van der Waals surface area contributed by atoms with Gasteiger partial charge in [0.2, 0.25) is 5.91 Å². The average molecular weight is 478 g/mol. The number of nitriles is 1. The molecule has 33 heavy (non-hydrogen) atoms. The summed E-state index contributed by atoms with van der Waals surface area (Å²) >= 11 is 6.05. The summed E-state index contributed by atoms with van der Waals surface area (Å²) in [6.07, 6.45) is -2.22. The molecule has 174 valence electrons. The van der Waals surface area contributed by atoms with Gasteiger partial charge in [-0.05, 0) is 30.5 Å². The molecule has 10 heteroatoms. The van der Waals surface area contributed by atoms with E-state index in [2.05, 4.69) is 9.97 Å². The van der Waals surface area contributed by atoms with E-state index >= 15 is 0 Å². The Hall–Kier alpha value is -2.86. The molecule has 1 aromatic carbocycles. The zero-order valence-electron chi connectivity index (χ0n) is 17.9. The number of rotatable bonds is 5. The molecule has 1 saturated heterocycles. The molecule has 0 N–H and O–H groups in total. The van der Waals surface area contributed by atoms with Crippen molar-refractivity contribution in [2.75, 3.05) is 31.1 Å². The Balaban J connectivity index is 1.68. The number of aromatic nitrogens is 2. The predicted molar refractivity (Wildman–Crippen MR) is 117 cm³/mol. The summed E-state index contributed by atoms with van der Waals surface area (Å²) in [4.78, 5) is 24.2. The minimum Gasteiger partial charge on any atom is -0.353 e. The second kappa shape index (κ2) is 9.56. The number of carbonyl (C=O) groups excluding carboxylic acids is 1. The lowest BCUT2D eigenvalue weighted by molar-refractivity contribution is -0.142. The third-order valence-electron chi connectivity index (χ3n) is 6.15. The fourth-order valence-corrected chi connectivity index (χ4v) is 4.44. The van der Waals surface area contributed by atoms with Gasteiger partial charge < -0.3 is 9.80 Å². The smallest absolute Gasteiger partial charge is 0.353 e. The number of halogens is 4. The van der Waals surface area contributed by atoms with Crippen molar-refractivity contribution < 1.29 is 18.0 Å². The highest BCUT2D eigenvalue weighted by Gasteiger charge is 2.39. The quantitative estimate of drug-likeness (QED) is 0.643. The number of anilines is 1. The van der Waals surface area contributed by atoms with E-state index in [1.54, 1.807) is 34.1 Å². The molecule has 1 aliphatic carbocycles. The molecule has 1 saturated carbocycles. The SMILES string of the molecule is N#CCc1nc(N2CCN(C(=O)C3CCC3)CC2)c(Cc2cccc(Cl)c2)c(C(F)(F)F)n1. The van der Waals surface area contributed by atoms with Crippen LogP contribution < -0.4 is 4.90 Å². The van der Waals surface area contributed by atoms with Gasteiger partial charge in [-0.25, -0.2) is 9.97 Å². The van der Waals surface area contributed by atoms with Gasteiger partial charge in [0.15, 0.2) is 5.69 Å². The lowest BCUT2D eigenvalue weighted by Gasteiger charge is -2.39. The van der Waals surface area contributed by atoms with Crippen LogP contribution in [-0.2, 0) is 23.8 Å². The first-order chi connectivity index (χ1) is 15.8. The first-order valence-electron chi connectivity index (χ1n) is 10.9. The fraction of sp³-hybridized carbons (Fsp3) is 0.478. The lowest BCUT2D eigenvalue weighted by atomic mass is 9.84. The zero-order valence-corrected chi connectivity index (χ0v) is 18.7. The third kappa shape index (κ3) is 5.22. The molecule has 2 heterocycles. The number of hydrogen-bond acceptors (Lipinski definition) is 5. The molecular formula is C23H23ClF3N5O. The number of nitrogens with zero attached hydrogens (tertiary/aromatic N) is 5. The molecule has 0 bridgehead atoms. The van der Waals surface area contributed by atoms with Crippen LogP contribution in [0, 0.1) is 17.2 Å². The van der Waals surface area contributed by atoms with E-state index in [0.717, 1.165) is 19.3 Å². The highest BCUT2D eigenvalue weighted by molar-refractivity contribution is 6.30. The first-order valence-corrected chi connectivity index (χ1v) is 11.3. The van der Waals surface area contributed by atoms with Gasteiger partial charge in [-0.1, -0.05) is 30.2 Å². The van der Waals surface area contributed by atoms with E-state index in [-0.39, 0.29) is 41.9 Å². The highest BCUT2D eigenvalue weighted by atomic mass is 35.5. The summed E-state index contributed by atoms with van der Waals surface area (Å²) < 4.78 is 42.1. The largest absolute Gasteiger partial charge is 0.433 e. The normalized spacial score (nSPS) is 16.9. The maximum Gasteiger partial charge on any atom is 0.433 e. The van der Waals surface area contributed by atoms with E-state index in [1.807, 2.05) is 6.07 Å². The number of hydrogen-bond donors (Lipinski definition) is 0. The number of alkyl halides is 3. The van der Waals surface area contributed by atoms with Gasteiger partial charge in [0.25, 0.3) is 0 Å². The Kier molecular flexibility index (Phi) is 6.75. The molecule has 1 amide bonds. The topological polar surface area (TPSA) is 73.1 Å². The molecule has 1 aliphatic heterocycles. The van der Waals surface area contributed by atoms with Gasteiger partial charge in [-0.3, -0.25) is 4.79 Å². The number of piperazine rings is 1. The molecule has 2 aromatic rings. The van der Waals surface area contributed by atoms with Crippen molar-refractivity contribution in [3.63, 3.8) is 0 Å². The van der Waals surface area contributed by atoms with Gasteiger partial charge >= 0.3 is 6.18 Å². The second-order valence-electron chi connectivity index (χ2n) is 8.37. The summed E-state index contributed by atoms with van der Waals surface area (Å²) in [6, 6.07) is 8.49. The van der Waals surface area contributed by atoms with Crippen molar-refractivity contribution in [3.8, 4) is 6.07 Å². The van der Waals surface area contributed by atoms with E-state index in [9.17, 15) is 18.0 Å². The van der Waals surface area contributed by atoms with Gasteiger partial charge in [0.05, 0.1) is 12.5 Å². The summed E-state index contributed by atoms with van der Waals surface area (Å²) in [5.74, 6) is 0.206. The Bertz CT molecular complexity index is 1070. The average Bonchev–Trinajstić information content (AvgIpc) is 2.73. The number of benzene rings is 1. The maximum absolute atomic E-state index is 14.0. The van der Waals surface area contributed by atoms with Crippen molar-refractivity contribution in [2.24, 2.45) is 5.92 Å². The van der Waals surface area contributed by atoms with Gasteiger partial charge in [-0.15, -0.1) is 0 Å². The lowest BCUT2D eigenvalue weighted by Crippen LogP contribution is -2.51. The first kappa shape index (κ1) is 23.3. The van der Waals surface area contributed by atoms with Crippen LogP contribution in [0.25, 0.3) is 0 Å². The number of carbonyl (C=O) groups is 1. The molecule has 2 aliphatic rings. The molecule has 0 spiro atoms. The minimum atomic E-state index is -4.71. The van der Waals surface area contributed by atoms with Crippen molar-refractivity contribution >= 4 is 23.3 Å². The Morgan fingerprint density at radius 2 is 1.91 bits per heavy atom. The predicted octanol–water partition coefficient (Wildman–Crippen LogP) is 4.25. The van der Waals surface area contributed by atoms with Crippen LogP contribution in [0.1, 0.15) is 41.9 Å². The summed E-state index contributed by atoms with van der Waals surface area (Å²) in [5, 5.41) is 9.47. The van der Waals surface area contributed by atoms with Crippen LogP contribution in [0.4, 0.5) is 19.0 Å². The summed E-state index contributed by atoms with van der Waals surface area (Å²) in [5.41, 5.74) is -0.486. The molecule has 0 unspecified atom stereocenters. The summed E-state index contributed by atoms with van der Waals surface area (Å²) in [7, 11) is 0. The van der Waals surface area contributed by atoms with E-state index in [1.165, 1.54) is 0 Å². The Labute approximate surface area is 195 Å². The Morgan fingerprint density at radius 3 is 2.48 bits per heavy atom. The monoisotopic (exact) mass is 477 g/mol. The van der Waals surface area contributed by atoms with Crippen LogP contribution >= 0.6 is 11.6 Å². The van der Waals surface area contributed by atoms with Crippen LogP contribution in [0.15, 0.2) is 24.3 Å². The molecule has 0 radical (unpaired) electrons. The van der Waals surface area contributed by atoms with Crippen molar-refractivity contribution in [1.82, 2.24) is 14.9 Å². The maximum atomic E-state index is 14.0.